The van der Waals surface area contributed by atoms with E-state index >= 15 is 0 Å². The molecule has 18 heavy (non-hydrogen) atoms. The highest BCUT2D eigenvalue weighted by atomic mass is 16.5. The Morgan fingerprint density at radius 3 is 2.83 bits per heavy atom. The first-order chi connectivity index (χ1) is 8.66. The molecule has 0 N–H and O–H groups in total. The Labute approximate surface area is 107 Å². The van der Waals surface area contributed by atoms with Gasteiger partial charge in [-0.1, -0.05) is 6.07 Å². The largest absolute Gasteiger partial charge is 0.378 e. The molecule has 2 heterocycles. The molecular weight excluding hydrogens is 230 g/mol. The van der Waals surface area contributed by atoms with Gasteiger partial charge in [0.1, 0.15) is 0 Å². The van der Waals surface area contributed by atoms with E-state index in [-0.39, 0.29) is 6.03 Å². The van der Waals surface area contributed by atoms with Crippen LogP contribution in [0.3, 0.4) is 0 Å². The summed E-state index contributed by atoms with van der Waals surface area (Å²) in [5.74, 6) is 0. The number of aryl methyl sites for hydroxylation is 1. The number of aromatic nitrogens is 1. The molecule has 98 valence electrons. The summed E-state index contributed by atoms with van der Waals surface area (Å²) < 4.78 is 5.24. The summed E-state index contributed by atoms with van der Waals surface area (Å²) in [6, 6.07) is 5.90. The van der Waals surface area contributed by atoms with Crippen LogP contribution < -0.4 is 0 Å². The van der Waals surface area contributed by atoms with Crippen LogP contribution in [-0.4, -0.2) is 54.2 Å². The summed E-state index contributed by atoms with van der Waals surface area (Å²) in [7, 11) is 1.81. The number of rotatable bonds is 2. The molecule has 1 aromatic heterocycles. The molecule has 1 saturated heterocycles. The zero-order chi connectivity index (χ0) is 13.0. The van der Waals surface area contributed by atoms with Crippen LogP contribution in [0.4, 0.5) is 4.79 Å². The van der Waals surface area contributed by atoms with Crippen molar-refractivity contribution in [3.05, 3.63) is 29.6 Å². The van der Waals surface area contributed by atoms with Crippen molar-refractivity contribution in [1.82, 2.24) is 14.8 Å². The number of carbonyl (C=O) groups is 1. The lowest BCUT2D eigenvalue weighted by molar-refractivity contribution is 0.0447. The minimum absolute atomic E-state index is 0.0432. The Morgan fingerprint density at radius 1 is 1.44 bits per heavy atom. The minimum Gasteiger partial charge on any atom is -0.378 e. The molecule has 0 aliphatic carbocycles. The van der Waals surface area contributed by atoms with Crippen molar-refractivity contribution >= 4 is 6.03 Å². The Morgan fingerprint density at radius 2 is 2.17 bits per heavy atom. The van der Waals surface area contributed by atoms with Crippen molar-refractivity contribution in [2.45, 2.75) is 13.5 Å². The lowest BCUT2D eigenvalue weighted by Crippen LogP contribution is -2.46. The van der Waals surface area contributed by atoms with Gasteiger partial charge in [0.2, 0.25) is 0 Å². The molecule has 0 bridgehead atoms. The fraction of sp³-hybridized carbons (Fsp3) is 0.538. The van der Waals surface area contributed by atoms with Gasteiger partial charge in [-0.05, 0) is 19.1 Å². The third-order valence-electron chi connectivity index (χ3n) is 2.95. The maximum Gasteiger partial charge on any atom is 0.320 e. The molecular formula is C13H19N3O2. The lowest BCUT2D eigenvalue weighted by Gasteiger charge is -2.30. The molecule has 0 atom stereocenters. The fourth-order valence-corrected chi connectivity index (χ4v) is 1.99. The number of carbonyl (C=O) groups excluding carboxylic acids is 1. The van der Waals surface area contributed by atoms with E-state index in [1.54, 1.807) is 4.90 Å². The van der Waals surface area contributed by atoms with Gasteiger partial charge in [0.15, 0.2) is 0 Å². The molecule has 2 amide bonds. The second-order valence-corrected chi connectivity index (χ2v) is 4.51. The average molecular weight is 249 g/mol. The van der Waals surface area contributed by atoms with Gasteiger partial charge >= 0.3 is 6.03 Å². The highest BCUT2D eigenvalue weighted by Gasteiger charge is 2.20. The number of hydrogen-bond acceptors (Lipinski definition) is 3. The normalized spacial score (nSPS) is 15.6. The summed E-state index contributed by atoms with van der Waals surface area (Å²) in [5, 5.41) is 0. The maximum absolute atomic E-state index is 12.2. The first-order valence-electron chi connectivity index (χ1n) is 6.17. The van der Waals surface area contributed by atoms with Crippen LogP contribution in [0.15, 0.2) is 18.2 Å². The molecule has 0 spiro atoms. The molecule has 0 unspecified atom stereocenters. The van der Waals surface area contributed by atoms with E-state index < -0.39 is 0 Å². The molecule has 5 heteroatoms. The van der Waals surface area contributed by atoms with Crippen molar-refractivity contribution in [3.63, 3.8) is 0 Å². The second-order valence-electron chi connectivity index (χ2n) is 4.51. The Bertz CT molecular complexity index is 416. The van der Waals surface area contributed by atoms with Gasteiger partial charge in [-0.15, -0.1) is 0 Å². The van der Waals surface area contributed by atoms with Gasteiger partial charge < -0.3 is 14.5 Å². The monoisotopic (exact) mass is 249 g/mol. The molecule has 1 aliphatic heterocycles. The van der Waals surface area contributed by atoms with E-state index in [1.165, 1.54) is 0 Å². The number of urea groups is 1. The quantitative estimate of drug-likeness (QED) is 0.793. The van der Waals surface area contributed by atoms with Crippen LogP contribution in [-0.2, 0) is 11.3 Å². The Kier molecular flexibility index (Phi) is 4.15. The molecule has 0 saturated carbocycles. The molecule has 2 rings (SSSR count). The third kappa shape index (κ3) is 3.20. The summed E-state index contributed by atoms with van der Waals surface area (Å²) in [5.41, 5.74) is 1.89. The number of amides is 2. The Hall–Kier alpha value is -1.62. The zero-order valence-electron chi connectivity index (χ0n) is 10.9. The van der Waals surface area contributed by atoms with Gasteiger partial charge in [0, 0.05) is 25.8 Å². The second kappa shape index (κ2) is 5.82. The van der Waals surface area contributed by atoms with Crippen LogP contribution in [0.5, 0.6) is 0 Å². The van der Waals surface area contributed by atoms with E-state index in [4.69, 9.17) is 4.74 Å². The lowest BCUT2D eigenvalue weighted by atomic mass is 10.3. The van der Waals surface area contributed by atoms with Crippen molar-refractivity contribution in [2.24, 2.45) is 0 Å². The number of nitrogens with zero attached hydrogens (tertiary/aromatic N) is 3. The van der Waals surface area contributed by atoms with Crippen molar-refractivity contribution < 1.29 is 9.53 Å². The first kappa shape index (κ1) is 12.8. The van der Waals surface area contributed by atoms with Gasteiger partial charge in [-0.3, -0.25) is 4.98 Å². The zero-order valence-corrected chi connectivity index (χ0v) is 10.9. The van der Waals surface area contributed by atoms with Crippen molar-refractivity contribution in [2.75, 3.05) is 33.4 Å². The number of ether oxygens (including phenoxy) is 1. The van der Waals surface area contributed by atoms with Crippen LogP contribution in [0.2, 0.25) is 0 Å². The molecule has 5 nitrogen and oxygen atoms in total. The Balaban J connectivity index is 1.94. The maximum atomic E-state index is 12.2. The van der Waals surface area contributed by atoms with E-state index in [9.17, 15) is 4.79 Å². The highest BCUT2D eigenvalue weighted by Crippen LogP contribution is 2.06. The molecule has 1 fully saturated rings. The van der Waals surface area contributed by atoms with E-state index in [1.807, 2.05) is 37.1 Å². The number of hydrogen-bond donors (Lipinski definition) is 0. The summed E-state index contributed by atoms with van der Waals surface area (Å²) in [6.07, 6.45) is 0. The fourth-order valence-electron chi connectivity index (χ4n) is 1.99. The van der Waals surface area contributed by atoms with Crippen LogP contribution in [0.25, 0.3) is 0 Å². The van der Waals surface area contributed by atoms with Crippen molar-refractivity contribution in [1.29, 1.82) is 0 Å². The van der Waals surface area contributed by atoms with Gasteiger partial charge in [0.05, 0.1) is 25.5 Å². The van der Waals surface area contributed by atoms with Crippen LogP contribution >= 0.6 is 0 Å². The predicted octanol–water partition coefficient (Wildman–Crippen LogP) is 1.27. The summed E-state index contributed by atoms with van der Waals surface area (Å²) >= 11 is 0. The first-order valence-corrected chi connectivity index (χ1v) is 6.17. The summed E-state index contributed by atoms with van der Waals surface area (Å²) in [6.45, 7) is 5.09. The summed E-state index contributed by atoms with van der Waals surface area (Å²) in [4.78, 5) is 20.1. The molecule has 1 aromatic rings. The third-order valence-corrected chi connectivity index (χ3v) is 2.95. The number of morpholine rings is 1. The van der Waals surface area contributed by atoms with E-state index in [0.29, 0.717) is 32.8 Å². The van der Waals surface area contributed by atoms with E-state index in [0.717, 1.165) is 11.4 Å². The van der Waals surface area contributed by atoms with Crippen molar-refractivity contribution in [3.8, 4) is 0 Å². The smallest absolute Gasteiger partial charge is 0.320 e. The molecule has 1 aliphatic rings. The van der Waals surface area contributed by atoms with E-state index in [2.05, 4.69) is 4.98 Å². The van der Waals surface area contributed by atoms with Gasteiger partial charge in [0.25, 0.3) is 0 Å². The predicted molar refractivity (Wildman–Crippen MR) is 68.2 cm³/mol. The highest BCUT2D eigenvalue weighted by molar-refractivity contribution is 5.74. The van der Waals surface area contributed by atoms with Gasteiger partial charge in [-0.25, -0.2) is 4.79 Å². The van der Waals surface area contributed by atoms with Crippen LogP contribution in [0, 0.1) is 6.92 Å². The van der Waals surface area contributed by atoms with Gasteiger partial charge in [-0.2, -0.15) is 0 Å². The topological polar surface area (TPSA) is 45.7 Å². The standard InChI is InChI=1S/C13H19N3O2/c1-11-4-3-5-12(14-11)10-15(2)13(17)16-6-8-18-9-7-16/h3-5H,6-10H2,1-2H3. The van der Waals surface area contributed by atoms with Crippen LogP contribution in [0.1, 0.15) is 11.4 Å². The molecule has 0 aromatic carbocycles. The number of pyridine rings is 1. The average Bonchev–Trinajstić information content (AvgIpc) is 2.39. The SMILES string of the molecule is Cc1cccc(CN(C)C(=O)N2CCOCC2)n1. The molecule has 0 radical (unpaired) electrons. The minimum atomic E-state index is 0.0432.